The average Bonchev–Trinajstić information content (AvgIpc) is 3.01. The third kappa shape index (κ3) is 4.18. The van der Waals surface area contributed by atoms with Crippen LogP contribution in [0.25, 0.3) is 5.69 Å². The van der Waals surface area contributed by atoms with Gasteiger partial charge in [0.05, 0.1) is 17.9 Å². The number of hydrogen-bond donors (Lipinski definition) is 1. The van der Waals surface area contributed by atoms with Crippen LogP contribution >= 0.6 is 0 Å². The fourth-order valence-corrected chi connectivity index (χ4v) is 2.18. The van der Waals surface area contributed by atoms with Crippen LogP contribution in [0.4, 0.5) is 0 Å². The summed E-state index contributed by atoms with van der Waals surface area (Å²) in [6.45, 7) is 5.38. The standard InChI is InChI=1S/C17H24N4O/c1-4-10-18-17(22)14(2)20(3)12-15-11-19-21(13-15)16-8-6-5-7-9-16/h5-9,11,13-14H,4,10,12H2,1-3H3,(H,18,22). The van der Waals surface area contributed by atoms with E-state index < -0.39 is 0 Å². The van der Waals surface area contributed by atoms with E-state index in [1.165, 1.54) is 0 Å². The molecular formula is C17H24N4O. The molecule has 1 unspecified atom stereocenters. The molecule has 1 aromatic heterocycles. The first kappa shape index (κ1) is 16.2. The number of nitrogens with one attached hydrogen (secondary N) is 1. The van der Waals surface area contributed by atoms with Crippen molar-refractivity contribution in [2.75, 3.05) is 13.6 Å². The van der Waals surface area contributed by atoms with Crippen LogP contribution in [-0.4, -0.2) is 40.2 Å². The number of likely N-dealkylation sites (N-methyl/N-ethyl adjacent to an activating group) is 1. The molecule has 0 saturated carbocycles. The van der Waals surface area contributed by atoms with Crippen molar-refractivity contribution in [1.82, 2.24) is 20.0 Å². The summed E-state index contributed by atoms with van der Waals surface area (Å²) < 4.78 is 1.85. The zero-order valence-corrected chi connectivity index (χ0v) is 13.5. The molecule has 0 spiro atoms. The van der Waals surface area contributed by atoms with Crippen LogP contribution in [0.5, 0.6) is 0 Å². The van der Waals surface area contributed by atoms with Crippen molar-refractivity contribution in [1.29, 1.82) is 0 Å². The lowest BCUT2D eigenvalue weighted by molar-refractivity contribution is -0.125. The van der Waals surface area contributed by atoms with Crippen LogP contribution in [0.2, 0.25) is 0 Å². The maximum Gasteiger partial charge on any atom is 0.237 e. The zero-order chi connectivity index (χ0) is 15.9. The van der Waals surface area contributed by atoms with Crippen molar-refractivity contribution in [3.8, 4) is 5.69 Å². The van der Waals surface area contributed by atoms with Gasteiger partial charge in [0.25, 0.3) is 0 Å². The number of carbonyl (C=O) groups is 1. The minimum absolute atomic E-state index is 0.0693. The van der Waals surface area contributed by atoms with Gasteiger partial charge in [-0.3, -0.25) is 9.69 Å². The molecule has 1 aromatic carbocycles. The molecule has 0 fully saturated rings. The van der Waals surface area contributed by atoms with Crippen molar-refractivity contribution in [3.63, 3.8) is 0 Å². The van der Waals surface area contributed by atoms with Gasteiger partial charge in [-0.05, 0) is 32.5 Å². The minimum Gasteiger partial charge on any atom is -0.355 e. The van der Waals surface area contributed by atoms with Crippen molar-refractivity contribution in [3.05, 3.63) is 48.3 Å². The lowest BCUT2D eigenvalue weighted by Crippen LogP contribution is -2.43. The molecule has 1 N–H and O–H groups in total. The summed E-state index contributed by atoms with van der Waals surface area (Å²) in [5, 5.41) is 7.31. The Labute approximate surface area is 131 Å². The minimum atomic E-state index is -0.161. The maximum absolute atomic E-state index is 12.0. The first-order valence-corrected chi connectivity index (χ1v) is 7.68. The largest absolute Gasteiger partial charge is 0.355 e. The molecule has 5 nitrogen and oxygen atoms in total. The van der Waals surface area contributed by atoms with E-state index in [0.717, 1.165) is 24.2 Å². The smallest absolute Gasteiger partial charge is 0.237 e. The van der Waals surface area contributed by atoms with Gasteiger partial charge in [-0.15, -0.1) is 0 Å². The molecule has 1 atom stereocenters. The molecule has 118 valence electrons. The van der Waals surface area contributed by atoms with E-state index in [2.05, 4.69) is 10.4 Å². The Balaban J connectivity index is 1.96. The van der Waals surface area contributed by atoms with Gasteiger partial charge in [-0.2, -0.15) is 5.10 Å². The summed E-state index contributed by atoms with van der Waals surface area (Å²) in [6.07, 6.45) is 4.80. The molecule has 2 aromatic rings. The van der Waals surface area contributed by atoms with Gasteiger partial charge in [0, 0.05) is 24.8 Å². The molecular weight excluding hydrogens is 276 g/mol. The van der Waals surface area contributed by atoms with Gasteiger partial charge in [0.1, 0.15) is 0 Å². The molecule has 0 aliphatic carbocycles. The van der Waals surface area contributed by atoms with E-state index in [9.17, 15) is 4.79 Å². The Bertz CT molecular complexity index is 594. The lowest BCUT2D eigenvalue weighted by Gasteiger charge is -2.23. The van der Waals surface area contributed by atoms with E-state index in [-0.39, 0.29) is 11.9 Å². The number of nitrogens with zero attached hydrogens (tertiary/aromatic N) is 3. The second-order valence-electron chi connectivity index (χ2n) is 5.51. The lowest BCUT2D eigenvalue weighted by atomic mass is 10.2. The Kier molecular flexibility index (Phi) is 5.72. The average molecular weight is 300 g/mol. The van der Waals surface area contributed by atoms with Crippen LogP contribution in [-0.2, 0) is 11.3 Å². The first-order valence-electron chi connectivity index (χ1n) is 7.68. The highest BCUT2D eigenvalue weighted by molar-refractivity contribution is 5.81. The highest BCUT2D eigenvalue weighted by Gasteiger charge is 2.18. The van der Waals surface area contributed by atoms with Gasteiger partial charge >= 0.3 is 0 Å². The van der Waals surface area contributed by atoms with Crippen LogP contribution in [0.15, 0.2) is 42.7 Å². The number of para-hydroxylation sites is 1. The Morgan fingerprint density at radius 3 is 2.77 bits per heavy atom. The van der Waals surface area contributed by atoms with Crippen molar-refractivity contribution in [2.45, 2.75) is 32.9 Å². The fraction of sp³-hybridized carbons (Fsp3) is 0.412. The molecule has 0 radical (unpaired) electrons. The molecule has 0 aliphatic rings. The summed E-state index contributed by atoms with van der Waals surface area (Å²) in [7, 11) is 1.95. The van der Waals surface area contributed by atoms with Gasteiger partial charge < -0.3 is 5.32 Å². The summed E-state index contributed by atoms with van der Waals surface area (Å²) in [6, 6.07) is 9.83. The van der Waals surface area contributed by atoms with Crippen molar-refractivity contribution >= 4 is 5.91 Å². The van der Waals surface area contributed by atoms with Crippen molar-refractivity contribution in [2.24, 2.45) is 0 Å². The number of benzene rings is 1. The quantitative estimate of drug-likeness (QED) is 0.853. The van der Waals surface area contributed by atoms with Crippen LogP contribution in [0.1, 0.15) is 25.8 Å². The summed E-state index contributed by atoms with van der Waals surface area (Å²) in [5.74, 6) is 0.0693. The van der Waals surface area contributed by atoms with Crippen molar-refractivity contribution < 1.29 is 4.79 Å². The van der Waals surface area contributed by atoms with Gasteiger partial charge in [-0.1, -0.05) is 25.1 Å². The van der Waals surface area contributed by atoms with E-state index in [1.807, 2.05) is 73.2 Å². The van der Waals surface area contributed by atoms with E-state index in [1.54, 1.807) is 0 Å². The predicted octanol–water partition coefficient (Wildman–Crippen LogP) is 2.22. The van der Waals surface area contributed by atoms with Crippen LogP contribution in [0.3, 0.4) is 0 Å². The van der Waals surface area contributed by atoms with E-state index >= 15 is 0 Å². The Hall–Kier alpha value is -2.14. The summed E-state index contributed by atoms with van der Waals surface area (Å²) in [4.78, 5) is 14.0. The number of hydrogen-bond acceptors (Lipinski definition) is 3. The van der Waals surface area contributed by atoms with Crippen LogP contribution < -0.4 is 5.32 Å². The van der Waals surface area contributed by atoms with E-state index in [0.29, 0.717) is 6.54 Å². The molecule has 22 heavy (non-hydrogen) atoms. The molecule has 0 saturated heterocycles. The summed E-state index contributed by atoms with van der Waals surface area (Å²) >= 11 is 0. The fourth-order valence-electron chi connectivity index (χ4n) is 2.18. The first-order chi connectivity index (χ1) is 10.6. The molecule has 1 amide bonds. The van der Waals surface area contributed by atoms with Gasteiger partial charge in [0.2, 0.25) is 5.91 Å². The molecule has 1 heterocycles. The number of aromatic nitrogens is 2. The zero-order valence-electron chi connectivity index (χ0n) is 13.5. The Morgan fingerprint density at radius 2 is 2.09 bits per heavy atom. The SMILES string of the molecule is CCCNC(=O)C(C)N(C)Cc1cnn(-c2ccccc2)c1. The molecule has 5 heteroatoms. The highest BCUT2D eigenvalue weighted by atomic mass is 16.2. The monoisotopic (exact) mass is 300 g/mol. The summed E-state index contributed by atoms with van der Waals surface area (Å²) in [5.41, 5.74) is 2.12. The number of amides is 1. The Morgan fingerprint density at radius 1 is 1.36 bits per heavy atom. The van der Waals surface area contributed by atoms with Gasteiger partial charge in [-0.25, -0.2) is 4.68 Å². The van der Waals surface area contributed by atoms with Crippen LogP contribution in [0, 0.1) is 0 Å². The topological polar surface area (TPSA) is 50.2 Å². The number of rotatable bonds is 7. The molecule has 2 rings (SSSR count). The third-order valence-corrected chi connectivity index (χ3v) is 3.68. The predicted molar refractivity (Wildman–Crippen MR) is 87.8 cm³/mol. The van der Waals surface area contributed by atoms with E-state index in [4.69, 9.17) is 0 Å². The molecule has 0 bridgehead atoms. The third-order valence-electron chi connectivity index (χ3n) is 3.68. The second kappa shape index (κ2) is 7.75. The maximum atomic E-state index is 12.0. The van der Waals surface area contributed by atoms with Gasteiger partial charge in [0.15, 0.2) is 0 Å². The number of carbonyl (C=O) groups excluding carboxylic acids is 1. The highest BCUT2D eigenvalue weighted by Crippen LogP contribution is 2.10. The second-order valence-corrected chi connectivity index (χ2v) is 5.51. The molecule has 0 aliphatic heterocycles. The normalized spacial score (nSPS) is 12.4.